The van der Waals surface area contributed by atoms with Crippen molar-refractivity contribution < 1.29 is 4.79 Å². The first-order chi connectivity index (χ1) is 5.65. The number of nitrogens with one attached hydrogen (secondary N) is 1. The van der Waals surface area contributed by atoms with E-state index in [1.807, 2.05) is 13.8 Å². The monoisotopic (exact) mass is 172 g/mol. The molecule has 0 aromatic carbocycles. The van der Waals surface area contributed by atoms with Crippen LogP contribution in [0.2, 0.25) is 0 Å². The van der Waals surface area contributed by atoms with E-state index in [9.17, 15) is 4.79 Å². The first kappa shape index (κ1) is 10.9. The number of nitrogens with zero attached hydrogens (tertiary/aromatic N) is 1. The number of carbonyl (C=O) groups is 1. The molecule has 0 spiro atoms. The largest absolute Gasteiger partial charge is 0.322 e. The summed E-state index contributed by atoms with van der Waals surface area (Å²) in [6.45, 7) is 3.92. The van der Waals surface area contributed by atoms with Crippen LogP contribution in [0.25, 0.3) is 0 Å². The van der Waals surface area contributed by atoms with Crippen LogP contribution in [0.3, 0.4) is 0 Å². The second kappa shape index (κ2) is 5.54. The maximum atomic E-state index is 10.5. The summed E-state index contributed by atoms with van der Waals surface area (Å²) in [7, 11) is 0. The molecule has 70 valence electrons. The Morgan fingerprint density at radius 3 is 2.50 bits per heavy atom. The quantitative estimate of drug-likeness (QED) is 0.176. The number of nitrogens with two attached hydrogens (primary N) is 2. The van der Waals surface area contributed by atoms with Gasteiger partial charge >= 0.3 is 0 Å². The number of carbonyl (C=O) groups excluding carboxylic acids is 1. The summed E-state index contributed by atoms with van der Waals surface area (Å²) in [5, 5.41) is 3.40. The second-order valence-electron chi connectivity index (χ2n) is 2.97. The van der Waals surface area contributed by atoms with Crippen LogP contribution in [-0.4, -0.2) is 12.1 Å². The van der Waals surface area contributed by atoms with Gasteiger partial charge in [-0.3, -0.25) is 0 Å². The Hall–Kier alpha value is -1.10. The fourth-order valence-corrected chi connectivity index (χ4v) is 0.813. The van der Waals surface area contributed by atoms with E-state index in [1.54, 1.807) is 0 Å². The van der Waals surface area contributed by atoms with Crippen molar-refractivity contribution in [2.45, 2.75) is 20.3 Å². The van der Waals surface area contributed by atoms with Gasteiger partial charge in [0.25, 0.3) is 0 Å². The van der Waals surface area contributed by atoms with Crippen molar-refractivity contribution in [3.63, 3.8) is 0 Å². The molecule has 0 amide bonds. The summed E-state index contributed by atoms with van der Waals surface area (Å²) in [5.74, 6) is 10.8. The van der Waals surface area contributed by atoms with Crippen molar-refractivity contribution in [2.24, 2.45) is 28.6 Å². The zero-order valence-electron chi connectivity index (χ0n) is 7.45. The maximum absolute atomic E-state index is 10.5. The van der Waals surface area contributed by atoms with Crippen molar-refractivity contribution in [1.29, 1.82) is 0 Å². The molecular weight excluding hydrogens is 156 g/mol. The molecule has 0 saturated carbocycles. The van der Waals surface area contributed by atoms with Crippen LogP contribution >= 0.6 is 0 Å². The van der Waals surface area contributed by atoms with Gasteiger partial charge in [-0.25, -0.2) is 5.84 Å². The Kier molecular flexibility index (Phi) is 5.03. The van der Waals surface area contributed by atoms with Gasteiger partial charge in [0.1, 0.15) is 12.1 Å². The fourth-order valence-electron chi connectivity index (χ4n) is 0.813. The molecule has 0 fully saturated rings. The van der Waals surface area contributed by atoms with Crippen molar-refractivity contribution in [3.8, 4) is 0 Å². The molecule has 5 heteroatoms. The van der Waals surface area contributed by atoms with Crippen LogP contribution in [0.15, 0.2) is 5.10 Å². The van der Waals surface area contributed by atoms with Gasteiger partial charge in [-0.05, 0) is 5.92 Å². The molecule has 1 atom stereocenters. The van der Waals surface area contributed by atoms with Gasteiger partial charge in [-0.1, -0.05) is 13.8 Å². The molecule has 12 heavy (non-hydrogen) atoms. The Morgan fingerprint density at radius 2 is 2.25 bits per heavy atom. The Morgan fingerprint density at radius 1 is 1.67 bits per heavy atom. The van der Waals surface area contributed by atoms with Crippen LogP contribution in [-0.2, 0) is 4.79 Å². The summed E-state index contributed by atoms with van der Waals surface area (Å²) in [6, 6.07) is 0. The van der Waals surface area contributed by atoms with E-state index in [4.69, 9.17) is 11.7 Å². The van der Waals surface area contributed by atoms with E-state index >= 15 is 0 Å². The molecule has 0 radical (unpaired) electrons. The minimum atomic E-state index is -0.0802. The standard InChI is InChI=1S/C7H16N4O/c1-5(2)6(4-12)3-7(10-8)11-9/h4-6H,3,8-9H2,1-2H3,(H,10,11). The molecule has 5 N–H and O–H groups in total. The van der Waals surface area contributed by atoms with E-state index in [2.05, 4.69) is 10.5 Å². The number of amidine groups is 1. The summed E-state index contributed by atoms with van der Waals surface area (Å²) in [4.78, 5) is 10.5. The third kappa shape index (κ3) is 3.34. The van der Waals surface area contributed by atoms with Crippen molar-refractivity contribution in [1.82, 2.24) is 5.43 Å². The number of rotatable bonds is 4. The highest BCUT2D eigenvalue weighted by Crippen LogP contribution is 2.11. The number of hydrazone groups is 1. The SMILES string of the molecule is CC(C)C(C=O)C/C(=N/N)NN. The first-order valence-electron chi connectivity index (χ1n) is 3.84. The minimum Gasteiger partial charge on any atom is -0.322 e. The molecule has 0 bridgehead atoms. The van der Waals surface area contributed by atoms with Gasteiger partial charge < -0.3 is 16.1 Å². The number of hydrogen-bond donors (Lipinski definition) is 3. The topological polar surface area (TPSA) is 93.5 Å². The van der Waals surface area contributed by atoms with Crippen LogP contribution in [0.5, 0.6) is 0 Å². The molecule has 0 aliphatic heterocycles. The predicted octanol–water partition coefficient (Wildman–Crippen LogP) is -0.417. The molecular formula is C7H16N4O. The molecule has 0 rings (SSSR count). The highest BCUT2D eigenvalue weighted by molar-refractivity contribution is 5.83. The van der Waals surface area contributed by atoms with Crippen LogP contribution in [0, 0.1) is 11.8 Å². The molecule has 0 heterocycles. The smallest absolute Gasteiger partial charge is 0.136 e. The Bertz CT molecular complexity index is 167. The molecule has 0 aromatic rings. The molecule has 0 saturated heterocycles. The van der Waals surface area contributed by atoms with E-state index in [0.29, 0.717) is 12.3 Å². The van der Waals surface area contributed by atoms with Crippen LogP contribution < -0.4 is 17.1 Å². The van der Waals surface area contributed by atoms with E-state index in [0.717, 1.165) is 6.29 Å². The predicted molar refractivity (Wildman–Crippen MR) is 48.0 cm³/mol. The molecule has 0 aliphatic carbocycles. The Balaban J connectivity index is 4.10. The van der Waals surface area contributed by atoms with Gasteiger partial charge in [0.2, 0.25) is 0 Å². The van der Waals surface area contributed by atoms with E-state index < -0.39 is 0 Å². The molecule has 1 unspecified atom stereocenters. The van der Waals surface area contributed by atoms with Gasteiger partial charge in [-0.15, -0.1) is 0 Å². The third-order valence-electron chi connectivity index (χ3n) is 1.78. The molecule has 0 aromatic heterocycles. The molecule has 5 nitrogen and oxygen atoms in total. The second-order valence-corrected chi connectivity index (χ2v) is 2.97. The minimum absolute atomic E-state index is 0.0802. The van der Waals surface area contributed by atoms with Gasteiger partial charge in [0, 0.05) is 12.3 Å². The maximum Gasteiger partial charge on any atom is 0.136 e. The third-order valence-corrected chi connectivity index (χ3v) is 1.78. The lowest BCUT2D eigenvalue weighted by molar-refractivity contribution is -0.112. The zero-order valence-corrected chi connectivity index (χ0v) is 7.45. The number of hydrogen-bond acceptors (Lipinski definition) is 4. The zero-order chi connectivity index (χ0) is 9.56. The van der Waals surface area contributed by atoms with Crippen LogP contribution in [0.1, 0.15) is 20.3 Å². The van der Waals surface area contributed by atoms with Gasteiger partial charge in [-0.2, -0.15) is 5.10 Å². The Labute approximate surface area is 72.2 Å². The molecule has 0 aliphatic rings. The summed E-state index contributed by atoms with van der Waals surface area (Å²) >= 11 is 0. The van der Waals surface area contributed by atoms with Crippen molar-refractivity contribution in [2.75, 3.05) is 0 Å². The first-order valence-corrected chi connectivity index (χ1v) is 3.84. The van der Waals surface area contributed by atoms with E-state index in [-0.39, 0.29) is 11.8 Å². The lowest BCUT2D eigenvalue weighted by Crippen LogP contribution is -2.34. The summed E-state index contributed by atoms with van der Waals surface area (Å²) < 4.78 is 0. The van der Waals surface area contributed by atoms with Gasteiger partial charge in [0.05, 0.1) is 0 Å². The highest BCUT2D eigenvalue weighted by Gasteiger charge is 2.14. The number of hydrazine groups is 1. The normalized spacial score (nSPS) is 14.5. The number of aldehydes is 1. The average molecular weight is 172 g/mol. The van der Waals surface area contributed by atoms with Crippen LogP contribution in [0.4, 0.5) is 0 Å². The van der Waals surface area contributed by atoms with Gasteiger partial charge in [0.15, 0.2) is 0 Å². The van der Waals surface area contributed by atoms with Crippen molar-refractivity contribution >= 4 is 12.1 Å². The summed E-state index contributed by atoms with van der Waals surface area (Å²) in [6.07, 6.45) is 1.36. The lowest BCUT2D eigenvalue weighted by Gasteiger charge is -2.14. The lowest BCUT2D eigenvalue weighted by atomic mass is 9.94. The van der Waals surface area contributed by atoms with E-state index in [1.165, 1.54) is 0 Å². The van der Waals surface area contributed by atoms with Crippen molar-refractivity contribution in [3.05, 3.63) is 0 Å². The fraction of sp³-hybridized carbons (Fsp3) is 0.714. The highest BCUT2D eigenvalue weighted by atomic mass is 16.1. The summed E-state index contributed by atoms with van der Waals surface area (Å²) in [5.41, 5.74) is 2.34. The average Bonchev–Trinajstić information content (AvgIpc) is 2.06.